The summed E-state index contributed by atoms with van der Waals surface area (Å²) in [5.41, 5.74) is -0.609. The molecule has 5 nitrogen and oxygen atoms in total. The van der Waals surface area contributed by atoms with Gasteiger partial charge in [0.2, 0.25) is 0 Å². The molecule has 1 N–H and O–H groups in total. The van der Waals surface area contributed by atoms with Crippen LogP contribution in [0.25, 0.3) is 0 Å². The summed E-state index contributed by atoms with van der Waals surface area (Å²) in [5.74, 6) is -0.875. The van der Waals surface area contributed by atoms with E-state index in [2.05, 4.69) is 5.10 Å². The van der Waals surface area contributed by atoms with Gasteiger partial charge in [0.05, 0.1) is 0 Å². The second-order valence-electron chi connectivity index (χ2n) is 3.09. The number of aromatic nitrogens is 2. The molecule has 1 aliphatic carbocycles. The second-order valence-corrected chi connectivity index (χ2v) is 3.09. The highest BCUT2D eigenvalue weighted by molar-refractivity contribution is 5.79. The first kappa shape index (κ1) is 7.80. The van der Waals surface area contributed by atoms with Crippen molar-refractivity contribution in [1.82, 2.24) is 9.78 Å². The number of nitriles is 1. The van der Waals surface area contributed by atoms with E-state index in [1.807, 2.05) is 6.07 Å². The summed E-state index contributed by atoms with van der Waals surface area (Å²) in [6, 6.07) is 3.38. The van der Waals surface area contributed by atoms with Crippen LogP contribution in [0.4, 0.5) is 0 Å². The Morgan fingerprint density at radius 1 is 1.77 bits per heavy atom. The molecule has 0 unspecified atom stereocenters. The third-order valence-electron chi connectivity index (χ3n) is 2.26. The Morgan fingerprint density at radius 2 is 2.46 bits per heavy atom. The van der Waals surface area contributed by atoms with E-state index in [9.17, 15) is 4.79 Å². The van der Waals surface area contributed by atoms with Gasteiger partial charge in [0, 0.05) is 6.20 Å². The van der Waals surface area contributed by atoms with Gasteiger partial charge in [-0.1, -0.05) is 0 Å². The zero-order valence-electron chi connectivity index (χ0n) is 6.77. The van der Waals surface area contributed by atoms with Crippen LogP contribution in [0.1, 0.15) is 18.5 Å². The molecule has 0 amide bonds. The minimum absolute atomic E-state index is 0.257. The Balaban J connectivity index is 2.37. The number of carboxylic acids is 1. The number of carbonyl (C=O) groups is 1. The van der Waals surface area contributed by atoms with Crippen LogP contribution in [0.3, 0.4) is 0 Å². The fraction of sp³-hybridized carbons (Fsp3) is 0.375. The number of rotatable bonds is 2. The highest BCUT2D eigenvalue weighted by Crippen LogP contribution is 2.43. The van der Waals surface area contributed by atoms with Crippen LogP contribution in [0, 0.1) is 11.3 Å². The molecule has 1 aliphatic rings. The summed E-state index contributed by atoms with van der Waals surface area (Å²) in [6.45, 7) is 0. The summed E-state index contributed by atoms with van der Waals surface area (Å²) < 4.78 is 1.37. The minimum Gasteiger partial charge on any atom is -0.479 e. The number of hydrogen-bond acceptors (Lipinski definition) is 3. The van der Waals surface area contributed by atoms with Crippen molar-refractivity contribution in [2.45, 2.75) is 18.4 Å². The molecule has 0 radical (unpaired) electrons. The van der Waals surface area contributed by atoms with Gasteiger partial charge >= 0.3 is 5.97 Å². The fourth-order valence-electron chi connectivity index (χ4n) is 1.28. The van der Waals surface area contributed by atoms with Crippen molar-refractivity contribution < 1.29 is 9.90 Å². The monoisotopic (exact) mass is 177 g/mol. The van der Waals surface area contributed by atoms with E-state index in [1.165, 1.54) is 10.7 Å². The Kier molecular flexibility index (Phi) is 1.40. The summed E-state index contributed by atoms with van der Waals surface area (Å²) >= 11 is 0. The van der Waals surface area contributed by atoms with Gasteiger partial charge in [0.25, 0.3) is 0 Å². The smallest absolute Gasteiger partial charge is 0.331 e. The van der Waals surface area contributed by atoms with Crippen LogP contribution < -0.4 is 0 Å². The largest absolute Gasteiger partial charge is 0.479 e. The lowest BCUT2D eigenvalue weighted by molar-refractivity contribution is -0.142. The average Bonchev–Trinajstić information content (AvgIpc) is 2.79. The predicted octanol–water partition coefficient (Wildman–Crippen LogP) is 0.328. The third kappa shape index (κ3) is 0.991. The van der Waals surface area contributed by atoms with E-state index in [0.29, 0.717) is 12.8 Å². The Hall–Kier alpha value is -1.83. The van der Waals surface area contributed by atoms with Crippen LogP contribution in [-0.2, 0) is 10.3 Å². The maximum Gasteiger partial charge on any atom is 0.331 e. The third-order valence-corrected chi connectivity index (χ3v) is 2.26. The quantitative estimate of drug-likeness (QED) is 0.705. The first-order valence-electron chi connectivity index (χ1n) is 3.89. The summed E-state index contributed by atoms with van der Waals surface area (Å²) in [6.07, 6.45) is 2.73. The summed E-state index contributed by atoms with van der Waals surface area (Å²) in [7, 11) is 0. The Morgan fingerprint density at radius 3 is 2.85 bits per heavy atom. The van der Waals surface area contributed by atoms with Crippen molar-refractivity contribution in [3.63, 3.8) is 0 Å². The van der Waals surface area contributed by atoms with Crippen molar-refractivity contribution in [1.29, 1.82) is 5.26 Å². The molecule has 0 atom stereocenters. The van der Waals surface area contributed by atoms with Crippen LogP contribution in [0.15, 0.2) is 12.3 Å². The molecular formula is C8H7N3O2. The number of nitrogens with zero attached hydrogens (tertiary/aromatic N) is 3. The standard InChI is InChI=1S/C8H7N3O2/c9-5-6-1-4-11(10-6)8(2-3-8)7(12)13/h1,4H,2-3H2,(H,12,13). The van der Waals surface area contributed by atoms with E-state index in [0.717, 1.165) is 0 Å². The molecule has 13 heavy (non-hydrogen) atoms. The van der Waals surface area contributed by atoms with E-state index in [4.69, 9.17) is 10.4 Å². The zero-order chi connectivity index (χ0) is 9.47. The van der Waals surface area contributed by atoms with Gasteiger partial charge in [-0.05, 0) is 18.9 Å². The van der Waals surface area contributed by atoms with Gasteiger partial charge in [-0.2, -0.15) is 10.4 Å². The molecule has 0 aliphatic heterocycles. The molecule has 0 spiro atoms. The number of carboxylic acid groups (broad SMARTS) is 1. The molecule has 0 bridgehead atoms. The maximum atomic E-state index is 10.8. The highest BCUT2D eigenvalue weighted by Gasteiger charge is 2.53. The second kappa shape index (κ2) is 2.33. The summed E-state index contributed by atoms with van der Waals surface area (Å²) in [4.78, 5) is 10.8. The first-order chi connectivity index (χ1) is 6.19. The van der Waals surface area contributed by atoms with Gasteiger partial charge < -0.3 is 5.11 Å². The lowest BCUT2D eigenvalue weighted by Gasteiger charge is -2.08. The molecule has 5 heteroatoms. The normalized spacial score (nSPS) is 17.8. The van der Waals surface area contributed by atoms with Crippen molar-refractivity contribution in [2.24, 2.45) is 0 Å². The van der Waals surface area contributed by atoms with Crippen LogP contribution >= 0.6 is 0 Å². The summed E-state index contributed by atoms with van der Waals surface area (Å²) in [5, 5.41) is 21.3. The molecule has 1 fully saturated rings. The molecule has 1 saturated carbocycles. The fourth-order valence-corrected chi connectivity index (χ4v) is 1.28. The van der Waals surface area contributed by atoms with Gasteiger partial charge in [-0.3, -0.25) is 4.68 Å². The van der Waals surface area contributed by atoms with Crippen molar-refractivity contribution in [2.75, 3.05) is 0 Å². The molecule has 2 rings (SSSR count). The predicted molar refractivity (Wildman–Crippen MR) is 41.8 cm³/mol. The SMILES string of the molecule is N#Cc1ccn(C2(C(=O)O)CC2)n1. The van der Waals surface area contributed by atoms with Crippen LogP contribution in [0.5, 0.6) is 0 Å². The van der Waals surface area contributed by atoms with E-state index < -0.39 is 11.5 Å². The van der Waals surface area contributed by atoms with E-state index in [1.54, 1.807) is 6.20 Å². The zero-order valence-corrected chi connectivity index (χ0v) is 6.77. The van der Waals surface area contributed by atoms with Crippen molar-refractivity contribution in [3.05, 3.63) is 18.0 Å². The van der Waals surface area contributed by atoms with Gasteiger partial charge in [0.1, 0.15) is 6.07 Å². The lowest BCUT2D eigenvalue weighted by Crippen LogP contribution is -2.27. The van der Waals surface area contributed by atoms with E-state index in [-0.39, 0.29) is 5.69 Å². The first-order valence-corrected chi connectivity index (χ1v) is 3.89. The topological polar surface area (TPSA) is 78.9 Å². The molecule has 1 aromatic heterocycles. The van der Waals surface area contributed by atoms with Gasteiger partial charge in [0.15, 0.2) is 11.2 Å². The van der Waals surface area contributed by atoms with E-state index >= 15 is 0 Å². The Bertz CT molecular complexity index is 398. The van der Waals surface area contributed by atoms with Gasteiger partial charge in [-0.25, -0.2) is 4.79 Å². The molecular weight excluding hydrogens is 170 g/mol. The average molecular weight is 177 g/mol. The lowest BCUT2D eigenvalue weighted by atomic mass is 10.3. The van der Waals surface area contributed by atoms with Crippen molar-refractivity contribution >= 4 is 5.97 Å². The molecule has 1 aromatic rings. The van der Waals surface area contributed by atoms with Crippen LogP contribution in [0.2, 0.25) is 0 Å². The van der Waals surface area contributed by atoms with Crippen molar-refractivity contribution in [3.8, 4) is 6.07 Å². The minimum atomic E-state index is -0.875. The molecule has 0 saturated heterocycles. The number of aliphatic carboxylic acids is 1. The number of hydrogen-bond donors (Lipinski definition) is 1. The molecule has 66 valence electrons. The van der Waals surface area contributed by atoms with Gasteiger partial charge in [-0.15, -0.1) is 0 Å². The molecule has 0 aromatic carbocycles. The van der Waals surface area contributed by atoms with Crippen LogP contribution in [-0.4, -0.2) is 20.9 Å². The maximum absolute atomic E-state index is 10.8. The molecule has 1 heterocycles. The highest BCUT2D eigenvalue weighted by atomic mass is 16.4. The Labute approximate surface area is 74.2 Å².